The molecule has 0 radical (unpaired) electrons. The van der Waals surface area contributed by atoms with Gasteiger partial charge in [-0.05, 0) is 54.1 Å². The van der Waals surface area contributed by atoms with Crippen LogP contribution in [-0.2, 0) is 12.7 Å². The zero-order valence-electron chi connectivity index (χ0n) is 15.0. The number of nitrogens with zero attached hydrogens (tertiary/aromatic N) is 1. The maximum Gasteiger partial charge on any atom is 0.416 e. The molecule has 0 aliphatic rings. The minimum Gasteiger partial charge on any atom is -0.348 e. The number of nitrogens with one attached hydrogen (secondary N) is 2. The van der Waals surface area contributed by atoms with E-state index < -0.39 is 17.6 Å². The molecular formula is C21H16F3N3O2. The highest BCUT2D eigenvalue weighted by Crippen LogP contribution is 2.29. The molecule has 0 fully saturated rings. The van der Waals surface area contributed by atoms with Crippen LogP contribution in [0.1, 0.15) is 31.8 Å². The molecule has 2 N–H and O–H groups in total. The van der Waals surface area contributed by atoms with Gasteiger partial charge in [0.25, 0.3) is 11.8 Å². The Morgan fingerprint density at radius 1 is 0.897 bits per heavy atom. The normalized spacial score (nSPS) is 11.0. The van der Waals surface area contributed by atoms with Crippen molar-refractivity contribution in [3.8, 4) is 0 Å². The Morgan fingerprint density at radius 2 is 1.59 bits per heavy atom. The number of pyridine rings is 1. The molecule has 0 aliphatic heterocycles. The molecule has 29 heavy (non-hydrogen) atoms. The van der Waals surface area contributed by atoms with Gasteiger partial charge in [0.2, 0.25) is 0 Å². The monoisotopic (exact) mass is 399 g/mol. The van der Waals surface area contributed by atoms with Crippen LogP contribution in [0, 0.1) is 0 Å². The van der Waals surface area contributed by atoms with Crippen LogP contribution in [0.2, 0.25) is 0 Å². The average Bonchev–Trinajstić information content (AvgIpc) is 2.72. The number of halogens is 3. The third-order valence-corrected chi connectivity index (χ3v) is 4.03. The molecule has 1 heterocycles. The maximum absolute atomic E-state index is 12.6. The molecule has 0 saturated heterocycles. The fourth-order valence-corrected chi connectivity index (χ4v) is 2.53. The third-order valence-electron chi connectivity index (χ3n) is 4.03. The van der Waals surface area contributed by atoms with Crippen molar-refractivity contribution >= 4 is 17.5 Å². The lowest BCUT2D eigenvalue weighted by atomic mass is 10.1. The average molecular weight is 399 g/mol. The van der Waals surface area contributed by atoms with E-state index in [0.717, 1.165) is 17.7 Å². The molecule has 3 aromatic rings. The lowest BCUT2D eigenvalue weighted by Gasteiger charge is -2.10. The molecule has 0 unspecified atom stereocenters. The first-order valence-electron chi connectivity index (χ1n) is 8.59. The van der Waals surface area contributed by atoms with Gasteiger partial charge in [-0.1, -0.05) is 12.1 Å². The van der Waals surface area contributed by atoms with Crippen LogP contribution < -0.4 is 10.6 Å². The van der Waals surface area contributed by atoms with Crippen molar-refractivity contribution in [2.45, 2.75) is 12.7 Å². The molecule has 2 aromatic carbocycles. The standard InChI is InChI=1S/C21H16F3N3O2/c22-21(23,24)17-6-8-18(9-7-17)27-20(29)16-5-1-4-15(11-16)19(28)26-13-14-3-2-10-25-12-14/h1-12H,13H2,(H,26,28)(H,27,29). The predicted molar refractivity (Wildman–Crippen MR) is 101 cm³/mol. The molecule has 0 atom stereocenters. The van der Waals surface area contributed by atoms with Crippen LogP contribution in [0.5, 0.6) is 0 Å². The Balaban J connectivity index is 1.65. The number of rotatable bonds is 5. The number of anilines is 1. The highest BCUT2D eigenvalue weighted by atomic mass is 19.4. The van der Waals surface area contributed by atoms with E-state index in [1.165, 1.54) is 24.3 Å². The van der Waals surface area contributed by atoms with Crippen molar-refractivity contribution in [1.82, 2.24) is 10.3 Å². The van der Waals surface area contributed by atoms with E-state index in [1.54, 1.807) is 30.6 Å². The molecule has 2 amide bonds. The SMILES string of the molecule is O=C(NCc1cccnc1)c1cccc(C(=O)Nc2ccc(C(F)(F)F)cc2)c1. The van der Waals surface area contributed by atoms with Gasteiger partial charge >= 0.3 is 6.18 Å². The fraction of sp³-hybridized carbons (Fsp3) is 0.0952. The first-order valence-corrected chi connectivity index (χ1v) is 8.59. The van der Waals surface area contributed by atoms with Crippen molar-refractivity contribution in [3.05, 3.63) is 95.3 Å². The molecule has 8 heteroatoms. The summed E-state index contributed by atoms with van der Waals surface area (Å²) in [6.45, 7) is 0.286. The maximum atomic E-state index is 12.6. The number of amides is 2. The van der Waals surface area contributed by atoms with Gasteiger partial charge in [-0.25, -0.2) is 0 Å². The van der Waals surface area contributed by atoms with Crippen LogP contribution in [-0.4, -0.2) is 16.8 Å². The van der Waals surface area contributed by atoms with Crippen LogP contribution in [0.25, 0.3) is 0 Å². The third kappa shape index (κ3) is 5.41. The second kappa shape index (κ2) is 8.55. The van der Waals surface area contributed by atoms with Crippen molar-refractivity contribution in [2.24, 2.45) is 0 Å². The summed E-state index contributed by atoms with van der Waals surface area (Å²) in [5, 5.41) is 5.25. The van der Waals surface area contributed by atoms with Crippen molar-refractivity contribution in [2.75, 3.05) is 5.32 Å². The van der Waals surface area contributed by atoms with E-state index in [-0.39, 0.29) is 29.3 Å². The van der Waals surface area contributed by atoms with Crippen molar-refractivity contribution < 1.29 is 22.8 Å². The van der Waals surface area contributed by atoms with Gasteiger partial charge in [0, 0.05) is 35.8 Å². The van der Waals surface area contributed by atoms with E-state index in [4.69, 9.17) is 0 Å². The van der Waals surface area contributed by atoms with E-state index in [1.807, 2.05) is 6.07 Å². The Kier molecular flexibility index (Phi) is 5.92. The highest BCUT2D eigenvalue weighted by Gasteiger charge is 2.30. The van der Waals surface area contributed by atoms with Crippen LogP contribution in [0.4, 0.5) is 18.9 Å². The quantitative estimate of drug-likeness (QED) is 0.673. The molecule has 1 aromatic heterocycles. The lowest BCUT2D eigenvalue weighted by Crippen LogP contribution is -2.23. The Labute approximate surface area is 164 Å². The number of hydrogen-bond acceptors (Lipinski definition) is 3. The fourth-order valence-electron chi connectivity index (χ4n) is 2.53. The smallest absolute Gasteiger partial charge is 0.348 e. The van der Waals surface area contributed by atoms with E-state index >= 15 is 0 Å². The number of alkyl halides is 3. The molecule has 3 rings (SSSR count). The summed E-state index contributed by atoms with van der Waals surface area (Å²) < 4.78 is 37.8. The minimum absolute atomic E-state index is 0.207. The Bertz CT molecular complexity index is 1000. The van der Waals surface area contributed by atoms with Gasteiger partial charge < -0.3 is 10.6 Å². The molecule has 0 saturated carbocycles. The minimum atomic E-state index is -4.44. The summed E-state index contributed by atoms with van der Waals surface area (Å²) >= 11 is 0. The molecule has 0 spiro atoms. The topological polar surface area (TPSA) is 71.1 Å². The second-order valence-electron chi connectivity index (χ2n) is 6.15. The summed E-state index contributed by atoms with van der Waals surface area (Å²) in [5.74, 6) is -0.898. The summed E-state index contributed by atoms with van der Waals surface area (Å²) in [5.41, 5.74) is 0.738. The van der Waals surface area contributed by atoms with Gasteiger partial charge in [0.15, 0.2) is 0 Å². The van der Waals surface area contributed by atoms with Gasteiger partial charge in [-0.2, -0.15) is 13.2 Å². The summed E-state index contributed by atoms with van der Waals surface area (Å²) in [6, 6.07) is 13.7. The van der Waals surface area contributed by atoms with E-state index in [9.17, 15) is 22.8 Å². The zero-order valence-corrected chi connectivity index (χ0v) is 15.0. The van der Waals surface area contributed by atoms with Gasteiger partial charge in [0.05, 0.1) is 5.56 Å². The van der Waals surface area contributed by atoms with E-state index in [2.05, 4.69) is 15.6 Å². The molecule has 0 bridgehead atoms. The molecule has 148 valence electrons. The van der Waals surface area contributed by atoms with Crippen molar-refractivity contribution in [1.29, 1.82) is 0 Å². The first kappa shape index (κ1) is 20.1. The molecular weight excluding hydrogens is 383 g/mol. The zero-order chi connectivity index (χ0) is 20.9. The number of carbonyl (C=O) groups excluding carboxylic acids is 2. The summed E-state index contributed by atoms with van der Waals surface area (Å²) in [7, 11) is 0. The van der Waals surface area contributed by atoms with E-state index in [0.29, 0.717) is 0 Å². The van der Waals surface area contributed by atoms with Crippen molar-refractivity contribution in [3.63, 3.8) is 0 Å². The predicted octanol–water partition coefficient (Wildman–Crippen LogP) is 4.28. The van der Waals surface area contributed by atoms with Gasteiger partial charge in [0.1, 0.15) is 0 Å². The second-order valence-corrected chi connectivity index (χ2v) is 6.15. The number of benzene rings is 2. The van der Waals surface area contributed by atoms with Gasteiger partial charge in [-0.15, -0.1) is 0 Å². The summed E-state index contributed by atoms with van der Waals surface area (Å²) in [4.78, 5) is 28.7. The largest absolute Gasteiger partial charge is 0.416 e. The molecule has 0 aliphatic carbocycles. The first-order chi connectivity index (χ1) is 13.8. The van der Waals surface area contributed by atoms with Gasteiger partial charge in [-0.3, -0.25) is 14.6 Å². The van der Waals surface area contributed by atoms with Crippen LogP contribution in [0.15, 0.2) is 73.1 Å². The number of carbonyl (C=O) groups is 2. The number of aromatic nitrogens is 1. The summed E-state index contributed by atoms with van der Waals surface area (Å²) in [6.07, 6.45) is -1.18. The highest BCUT2D eigenvalue weighted by molar-refractivity contribution is 6.06. The lowest BCUT2D eigenvalue weighted by molar-refractivity contribution is -0.137. The Hall–Kier alpha value is -3.68. The number of hydrogen-bond donors (Lipinski definition) is 2. The van der Waals surface area contributed by atoms with Crippen LogP contribution >= 0.6 is 0 Å². The Morgan fingerprint density at radius 3 is 2.21 bits per heavy atom. The van der Waals surface area contributed by atoms with Crippen LogP contribution in [0.3, 0.4) is 0 Å². The molecule has 5 nitrogen and oxygen atoms in total.